The van der Waals surface area contributed by atoms with Crippen LogP contribution in [0.15, 0.2) is 12.2 Å². The number of nitrogens with one attached hydrogen (secondary N) is 1. The zero-order valence-corrected chi connectivity index (χ0v) is 15.8. The monoisotopic (exact) mass is 387 g/mol. The molecule has 3 atom stereocenters. The molecule has 27 heavy (non-hydrogen) atoms. The van der Waals surface area contributed by atoms with Gasteiger partial charge in [-0.2, -0.15) is 0 Å². The Kier molecular flexibility index (Phi) is 4.38. The van der Waals surface area contributed by atoms with E-state index < -0.39 is 17.9 Å². The molecule has 4 amide bonds. The van der Waals surface area contributed by atoms with E-state index in [0.717, 1.165) is 34.6 Å². The van der Waals surface area contributed by atoms with Crippen molar-refractivity contribution in [2.45, 2.75) is 45.1 Å². The number of likely N-dealkylation sites (tertiary alicyclic amines) is 1. The molecule has 1 saturated heterocycles. The summed E-state index contributed by atoms with van der Waals surface area (Å²) >= 11 is 1.36. The minimum Gasteiger partial charge on any atom is -0.365 e. The number of carbonyl (C=O) groups is 4. The summed E-state index contributed by atoms with van der Waals surface area (Å²) in [6, 6.07) is -0.937. The first-order valence-electron chi connectivity index (χ1n) is 9.17. The second kappa shape index (κ2) is 6.60. The van der Waals surface area contributed by atoms with Crippen LogP contribution in [0.4, 0.5) is 5.00 Å². The standard InChI is InChI=1S/C19H21N3O4S/c1-9(22-18(25)10-5-2-3-6-11(10)19(22)26)16(24)21-17-14(15(20)23)12-7-4-8-13(12)27-17/h2-3,9-11H,4-8H2,1H3,(H2,20,23)(H,21,24)/t9-,10?,11?/m0/s1. The molecule has 3 aliphatic rings. The van der Waals surface area contributed by atoms with Crippen LogP contribution in [0.25, 0.3) is 0 Å². The van der Waals surface area contributed by atoms with E-state index in [1.807, 2.05) is 12.2 Å². The minimum absolute atomic E-state index is 0.291. The molecule has 0 bridgehead atoms. The maximum absolute atomic E-state index is 12.8. The predicted octanol–water partition coefficient (Wildman–Crippen LogP) is 1.61. The number of amides is 4. The van der Waals surface area contributed by atoms with Crippen molar-refractivity contribution in [2.75, 3.05) is 5.32 Å². The van der Waals surface area contributed by atoms with Gasteiger partial charge in [-0.05, 0) is 44.6 Å². The van der Waals surface area contributed by atoms with Crippen LogP contribution in [0, 0.1) is 11.8 Å². The Morgan fingerprint density at radius 2 is 1.81 bits per heavy atom. The van der Waals surface area contributed by atoms with E-state index in [9.17, 15) is 19.2 Å². The third-order valence-electron chi connectivity index (χ3n) is 5.71. The molecular weight excluding hydrogens is 366 g/mol. The third-order valence-corrected chi connectivity index (χ3v) is 6.92. The highest BCUT2D eigenvalue weighted by atomic mass is 32.1. The van der Waals surface area contributed by atoms with Gasteiger partial charge in [0.15, 0.2) is 0 Å². The lowest BCUT2D eigenvalue weighted by molar-refractivity contribution is -0.146. The number of allylic oxidation sites excluding steroid dienone is 2. The molecule has 0 radical (unpaired) electrons. The van der Waals surface area contributed by atoms with Gasteiger partial charge in [0.05, 0.1) is 17.4 Å². The highest BCUT2D eigenvalue weighted by Gasteiger charge is 2.50. The molecule has 4 rings (SSSR count). The predicted molar refractivity (Wildman–Crippen MR) is 100 cm³/mol. The van der Waals surface area contributed by atoms with Gasteiger partial charge in [-0.1, -0.05) is 12.2 Å². The molecule has 1 aromatic heterocycles. The van der Waals surface area contributed by atoms with Crippen molar-refractivity contribution >= 4 is 40.0 Å². The quantitative estimate of drug-likeness (QED) is 0.604. The number of nitrogens with zero attached hydrogens (tertiary/aromatic N) is 1. The Labute approximate surface area is 160 Å². The average molecular weight is 387 g/mol. The zero-order valence-electron chi connectivity index (χ0n) is 15.0. The fourth-order valence-electron chi connectivity index (χ4n) is 4.29. The molecule has 1 aromatic rings. The number of rotatable bonds is 4. The first kappa shape index (κ1) is 17.9. The molecule has 3 N–H and O–H groups in total. The van der Waals surface area contributed by atoms with Crippen molar-refractivity contribution in [3.05, 3.63) is 28.2 Å². The number of hydrogen-bond donors (Lipinski definition) is 2. The van der Waals surface area contributed by atoms with Crippen molar-refractivity contribution in [1.82, 2.24) is 4.90 Å². The van der Waals surface area contributed by atoms with Gasteiger partial charge in [0.2, 0.25) is 17.7 Å². The summed E-state index contributed by atoms with van der Waals surface area (Å²) < 4.78 is 0. The van der Waals surface area contributed by atoms with Gasteiger partial charge in [0, 0.05) is 4.88 Å². The van der Waals surface area contributed by atoms with Crippen molar-refractivity contribution < 1.29 is 19.2 Å². The summed E-state index contributed by atoms with van der Waals surface area (Å²) in [6.07, 6.45) is 7.49. The Hall–Kier alpha value is -2.48. The van der Waals surface area contributed by atoms with Gasteiger partial charge >= 0.3 is 0 Å². The van der Waals surface area contributed by atoms with Crippen molar-refractivity contribution in [2.24, 2.45) is 17.6 Å². The first-order chi connectivity index (χ1) is 12.9. The van der Waals surface area contributed by atoms with Crippen LogP contribution in [0.1, 0.15) is 47.0 Å². The first-order valence-corrected chi connectivity index (χ1v) is 9.99. The largest absolute Gasteiger partial charge is 0.365 e. The summed E-state index contributed by atoms with van der Waals surface area (Å²) in [5.74, 6) is -2.37. The number of anilines is 1. The van der Waals surface area contributed by atoms with E-state index in [2.05, 4.69) is 5.32 Å². The molecular formula is C19H21N3O4S. The van der Waals surface area contributed by atoms with Crippen LogP contribution in [0.3, 0.4) is 0 Å². The lowest BCUT2D eigenvalue weighted by Crippen LogP contribution is -2.46. The molecule has 1 aliphatic heterocycles. The molecule has 1 fully saturated rings. The number of fused-ring (bicyclic) bond motifs is 2. The second-order valence-corrected chi connectivity index (χ2v) is 8.40. The van der Waals surface area contributed by atoms with E-state index in [4.69, 9.17) is 5.73 Å². The highest BCUT2D eigenvalue weighted by Crippen LogP contribution is 2.40. The van der Waals surface area contributed by atoms with Gasteiger partial charge in [0.1, 0.15) is 11.0 Å². The van der Waals surface area contributed by atoms with Crippen molar-refractivity contribution in [3.63, 3.8) is 0 Å². The van der Waals surface area contributed by atoms with Gasteiger partial charge < -0.3 is 11.1 Å². The molecule has 2 aliphatic carbocycles. The summed E-state index contributed by atoms with van der Waals surface area (Å²) in [6.45, 7) is 1.54. The van der Waals surface area contributed by atoms with E-state index >= 15 is 0 Å². The summed E-state index contributed by atoms with van der Waals surface area (Å²) in [4.78, 5) is 52.1. The summed E-state index contributed by atoms with van der Waals surface area (Å²) in [7, 11) is 0. The second-order valence-electron chi connectivity index (χ2n) is 7.29. The van der Waals surface area contributed by atoms with Crippen LogP contribution in [0.2, 0.25) is 0 Å². The number of nitrogens with two attached hydrogens (primary N) is 1. The van der Waals surface area contributed by atoms with Gasteiger partial charge in [-0.3, -0.25) is 24.1 Å². The molecule has 7 nitrogen and oxygen atoms in total. The molecule has 0 spiro atoms. The summed E-state index contributed by atoms with van der Waals surface area (Å²) in [5, 5.41) is 3.16. The third kappa shape index (κ3) is 2.79. The maximum Gasteiger partial charge on any atom is 0.251 e. The van der Waals surface area contributed by atoms with Gasteiger partial charge in [0.25, 0.3) is 5.91 Å². The van der Waals surface area contributed by atoms with E-state index in [-0.39, 0.29) is 23.7 Å². The fraction of sp³-hybridized carbons (Fsp3) is 0.474. The lowest BCUT2D eigenvalue weighted by atomic mass is 9.85. The van der Waals surface area contributed by atoms with Crippen LogP contribution >= 0.6 is 11.3 Å². The molecule has 2 heterocycles. The normalized spacial score (nSPS) is 24.7. The molecule has 2 unspecified atom stereocenters. The summed E-state index contributed by atoms with van der Waals surface area (Å²) in [5.41, 5.74) is 6.80. The molecule has 0 aromatic carbocycles. The molecule has 142 valence electrons. The van der Waals surface area contributed by atoms with Crippen molar-refractivity contribution in [3.8, 4) is 0 Å². The van der Waals surface area contributed by atoms with Crippen LogP contribution in [-0.2, 0) is 27.2 Å². The van der Waals surface area contributed by atoms with E-state index in [0.29, 0.717) is 23.4 Å². The van der Waals surface area contributed by atoms with Gasteiger partial charge in [-0.25, -0.2) is 0 Å². The number of carbonyl (C=O) groups excluding carboxylic acids is 4. The molecule has 8 heteroatoms. The topological polar surface area (TPSA) is 110 Å². The Morgan fingerprint density at radius 1 is 1.19 bits per heavy atom. The number of thiophene rings is 1. The fourth-order valence-corrected chi connectivity index (χ4v) is 5.59. The van der Waals surface area contributed by atoms with Gasteiger partial charge in [-0.15, -0.1) is 11.3 Å². The number of hydrogen-bond acceptors (Lipinski definition) is 5. The highest BCUT2D eigenvalue weighted by molar-refractivity contribution is 7.17. The zero-order chi connectivity index (χ0) is 19.3. The maximum atomic E-state index is 12.8. The SMILES string of the molecule is C[C@@H](C(=O)Nc1sc2c(c1C(N)=O)CCC2)N1C(=O)C2CC=CCC2C1=O. The minimum atomic E-state index is -0.937. The number of aryl methyl sites for hydroxylation is 1. The Morgan fingerprint density at radius 3 is 2.41 bits per heavy atom. The Bertz CT molecular complexity index is 862. The van der Waals surface area contributed by atoms with E-state index in [1.165, 1.54) is 11.3 Å². The average Bonchev–Trinajstić information content (AvgIpc) is 3.27. The van der Waals surface area contributed by atoms with Crippen molar-refractivity contribution in [1.29, 1.82) is 0 Å². The lowest BCUT2D eigenvalue weighted by Gasteiger charge is -2.22. The van der Waals surface area contributed by atoms with Crippen LogP contribution in [0.5, 0.6) is 0 Å². The number of imide groups is 1. The van der Waals surface area contributed by atoms with Crippen LogP contribution in [-0.4, -0.2) is 34.6 Å². The van der Waals surface area contributed by atoms with E-state index in [1.54, 1.807) is 6.92 Å². The Balaban J connectivity index is 1.55. The number of primary amides is 1. The van der Waals surface area contributed by atoms with Crippen LogP contribution < -0.4 is 11.1 Å². The molecule has 0 saturated carbocycles. The smallest absolute Gasteiger partial charge is 0.251 e.